The van der Waals surface area contributed by atoms with Crippen LogP contribution in [0.4, 0.5) is 5.69 Å². The molecular weight excluding hydrogens is 270 g/mol. The number of ether oxygens (including phenoxy) is 1. The molecule has 1 saturated carbocycles. The lowest BCUT2D eigenvalue weighted by molar-refractivity contribution is 0.0692. The molecule has 1 aliphatic heterocycles. The molecule has 0 spiro atoms. The van der Waals surface area contributed by atoms with Crippen molar-refractivity contribution in [1.82, 2.24) is 0 Å². The zero-order valence-electron chi connectivity index (χ0n) is 10.1. The largest absolute Gasteiger partial charge is 0.489 e. The second-order valence-electron chi connectivity index (χ2n) is 4.62. The van der Waals surface area contributed by atoms with Crippen molar-refractivity contribution in [2.45, 2.75) is 18.1 Å². The maximum atomic E-state index is 12.3. The Labute approximate surface area is 110 Å². The number of carboxylic acid groups (broad SMARTS) is 1. The minimum Gasteiger partial charge on any atom is -0.489 e. The van der Waals surface area contributed by atoms with E-state index in [-0.39, 0.29) is 29.7 Å². The van der Waals surface area contributed by atoms with Crippen LogP contribution in [0.15, 0.2) is 18.2 Å². The summed E-state index contributed by atoms with van der Waals surface area (Å²) in [6.45, 7) is 0.401. The molecule has 0 amide bonds. The highest BCUT2D eigenvalue weighted by Crippen LogP contribution is 2.40. The number of nitrogens with zero attached hydrogens (tertiary/aromatic N) is 1. The Morgan fingerprint density at radius 2 is 2.11 bits per heavy atom. The lowest BCUT2D eigenvalue weighted by Gasteiger charge is -2.31. The fourth-order valence-electron chi connectivity index (χ4n) is 2.20. The molecule has 1 fully saturated rings. The lowest BCUT2D eigenvalue weighted by Crippen LogP contribution is -2.40. The number of carboxylic acids is 1. The van der Waals surface area contributed by atoms with Crippen LogP contribution in [0.25, 0.3) is 0 Å². The summed E-state index contributed by atoms with van der Waals surface area (Å²) in [7, 11) is -3.38. The quantitative estimate of drug-likeness (QED) is 0.897. The first-order valence-electron chi connectivity index (χ1n) is 6.02. The first kappa shape index (κ1) is 12.3. The molecule has 0 unspecified atom stereocenters. The van der Waals surface area contributed by atoms with E-state index in [1.807, 2.05) is 0 Å². The van der Waals surface area contributed by atoms with Crippen LogP contribution < -0.4 is 9.04 Å². The van der Waals surface area contributed by atoms with Crippen molar-refractivity contribution in [2.75, 3.05) is 17.5 Å². The first-order valence-corrected chi connectivity index (χ1v) is 7.53. The Kier molecular flexibility index (Phi) is 2.67. The van der Waals surface area contributed by atoms with Crippen LogP contribution in [0.1, 0.15) is 23.2 Å². The third kappa shape index (κ3) is 1.94. The Morgan fingerprint density at radius 1 is 1.37 bits per heavy atom. The number of hydrogen-bond donors (Lipinski definition) is 1. The number of benzene rings is 1. The van der Waals surface area contributed by atoms with E-state index in [1.165, 1.54) is 16.4 Å². The molecule has 0 bridgehead atoms. The van der Waals surface area contributed by atoms with Crippen molar-refractivity contribution < 1.29 is 23.1 Å². The van der Waals surface area contributed by atoms with Crippen LogP contribution in [0, 0.1) is 0 Å². The van der Waals surface area contributed by atoms with E-state index in [2.05, 4.69) is 0 Å². The Bertz CT molecular complexity index is 636. The van der Waals surface area contributed by atoms with Gasteiger partial charge in [0.05, 0.1) is 17.5 Å². The molecule has 3 rings (SSSR count). The summed E-state index contributed by atoms with van der Waals surface area (Å²) >= 11 is 0. The van der Waals surface area contributed by atoms with E-state index in [0.717, 1.165) is 0 Å². The first-order chi connectivity index (χ1) is 9.01. The predicted molar refractivity (Wildman–Crippen MR) is 68.2 cm³/mol. The van der Waals surface area contributed by atoms with E-state index in [4.69, 9.17) is 9.84 Å². The van der Waals surface area contributed by atoms with Crippen LogP contribution in [0.2, 0.25) is 0 Å². The fraction of sp³-hybridized carbons (Fsp3) is 0.417. The summed E-state index contributed by atoms with van der Waals surface area (Å²) in [4.78, 5) is 11.1. The molecule has 0 atom stereocenters. The molecule has 2 aliphatic rings. The van der Waals surface area contributed by atoms with Crippen LogP contribution in [0.3, 0.4) is 0 Å². The van der Waals surface area contributed by atoms with Crippen LogP contribution in [-0.2, 0) is 10.0 Å². The van der Waals surface area contributed by atoms with E-state index < -0.39 is 16.0 Å². The molecule has 0 aromatic heterocycles. The van der Waals surface area contributed by atoms with Gasteiger partial charge in [-0.25, -0.2) is 13.2 Å². The second kappa shape index (κ2) is 4.12. The van der Waals surface area contributed by atoms with Gasteiger partial charge in [0.15, 0.2) is 5.75 Å². The number of sulfonamides is 1. The highest BCUT2D eigenvalue weighted by atomic mass is 32.2. The summed E-state index contributed by atoms with van der Waals surface area (Å²) in [5.74, 6) is -0.979. The highest BCUT2D eigenvalue weighted by molar-refractivity contribution is 7.93. The standard InChI is InChI=1S/C12H13NO5S/c14-12(15)9-2-1-3-10-11(9)18-7-6-13(10)19(16,17)8-4-5-8/h1-3,8H,4-7H2,(H,14,15). The fourth-order valence-corrected chi connectivity index (χ4v) is 4.04. The number of para-hydroxylation sites is 1. The number of hydrogen-bond acceptors (Lipinski definition) is 4. The second-order valence-corrected chi connectivity index (χ2v) is 6.76. The van der Waals surface area contributed by atoms with E-state index in [9.17, 15) is 13.2 Å². The minimum absolute atomic E-state index is 0.00630. The van der Waals surface area contributed by atoms with Crippen molar-refractivity contribution in [3.63, 3.8) is 0 Å². The molecule has 0 radical (unpaired) electrons. The number of carbonyl (C=O) groups is 1. The van der Waals surface area contributed by atoms with E-state index in [0.29, 0.717) is 18.5 Å². The molecule has 19 heavy (non-hydrogen) atoms. The van der Waals surface area contributed by atoms with Gasteiger partial charge in [0, 0.05) is 0 Å². The number of aromatic carboxylic acids is 1. The molecule has 1 heterocycles. The summed E-state index contributed by atoms with van der Waals surface area (Å²) in [5, 5.41) is 8.78. The molecule has 102 valence electrons. The molecule has 0 saturated heterocycles. The maximum Gasteiger partial charge on any atom is 0.339 e. The third-order valence-corrected chi connectivity index (χ3v) is 5.59. The van der Waals surface area contributed by atoms with Gasteiger partial charge in [-0.05, 0) is 25.0 Å². The van der Waals surface area contributed by atoms with Gasteiger partial charge in [-0.2, -0.15) is 0 Å². The molecular formula is C12H13NO5S. The monoisotopic (exact) mass is 283 g/mol. The predicted octanol–water partition coefficient (Wildman–Crippen LogP) is 1.08. The summed E-state index contributed by atoms with van der Waals surface area (Å²) in [6, 6.07) is 4.53. The molecule has 6 nitrogen and oxygen atoms in total. The average Bonchev–Trinajstić information content (AvgIpc) is 3.21. The Balaban J connectivity index is 2.10. The average molecular weight is 283 g/mol. The van der Waals surface area contributed by atoms with E-state index in [1.54, 1.807) is 6.07 Å². The topological polar surface area (TPSA) is 83.9 Å². The van der Waals surface area contributed by atoms with Crippen LogP contribution >= 0.6 is 0 Å². The molecule has 1 aromatic rings. The lowest BCUT2D eigenvalue weighted by atomic mass is 10.1. The van der Waals surface area contributed by atoms with Gasteiger partial charge in [0.2, 0.25) is 10.0 Å². The van der Waals surface area contributed by atoms with Crippen molar-refractivity contribution in [1.29, 1.82) is 0 Å². The minimum atomic E-state index is -3.38. The maximum absolute atomic E-state index is 12.3. The van der Waals surface area contributed by atoms with Gasteiger partial charge >= 0.3 is 5.97 Å². The number of rotatable bonds is 3. The summed E-state index contributed by atoms with van der Waals surface area (Å²) in [5.41, 5.74) is 0.325. The molecule has 1 aliphatic carbocycles. The summed E-state index contributed by atoms with van der Waals surface area (Å²) in [6.07, 6.45) is 1.35. The van der Waals surface area contributed by atoms with Gasteiger partial charge < -0.3 is 9.84 Å². The number of anilines is 1. The van der Waals surface area contributed by atoms with Crippen LogP contribution in [0.5, 0.6) is 5.75 Å². The smallest absolute Gasteiger partial charge is 0.339 e. The Morgan fingerprint density at radius 3 is 2.74 bits per heavy atom. The zero-order chi connectivity index (χ0) is 13.6. The van der Waals surface area contributed by atoms with Crippen LogP contribution in [-0.4, -0.2) is 37.9 Å². The van der Waals surface area contributed by atoms with Crippen molar-refractivity contribution in [3.8, 4) is 5.75 Å². The van der Waals surface area contributed by atoms with Crippen molar-refractivity contribution >= 4 is 21.7 Å². The highest BCUT2D eigenvalue weighted by Gasteiger charge is 2.42. The summed E-state index contributed by atoms with van der Waals surface area (Å²) < 4.78 is 31.3. The van der Waals surface area contributed by atoms with Gasteiger partial charge in [-0.1, -0.05) is 6.07 Å². The zero-order valence-corrected chi connectivity index (χ0v) is 10.9. The third-order valence-electron chi connectivity index (χ3n) is 3.29. The van der Waals surface area contributed by atoms with Gasteiger partial charge in [0.25, 0.3) is 0 Å². The molecule has 1 aromatic carbocycles. The van der Waals surface area contributed by atoms with Gasteiger partial charge in [-0.3, -0.25) is 4.31 Å². The van der Waals surface area contributed by atoms with Gasteiger partial charge in [-0.15, -0.1) is 0 Å². The molecule has 7 heteroatoms. The SMILES string of the molecule is O=C(O)c1cccc2c1OCCN2S(=O)(=O)C1CC1. The van der Waals surface area contributed by atoms with Crippen molar-refractivity contribution in [3.05, 3.63) is 23.8 Å². The Hall–Kier alpha value is -1.76. The number of fused-ring (bicyclic) bond motifs is 1. The van der Waals surface area contributed by atoms with Crippen molar-refractivity contribution in [2.24, 2.45) is 0 Å². The van der Waals surface area contributed by atoms with Gasteiger partial charge in [0.1, 0.15) is 12.2 Å². The van der Waals surface area contributed by atoms with E-state index >= 15 is 0 Å². The molecule has 1 N–H and O–H groups in total. The normalized spacial score (nSPS) is 18.6.